The van der Waals surface area contributed by atoms with Crippen molar-refractivity contribution >= 4 is 5.97 Å². The van der Waals surface area contributed by atoms with E-state index in [0.717, 1.165) is 12.1 Å². The van der Waals surface area contributed by atoms with Gasteiger partial charge in [-0.1, -0.05) is 18.9 Å². The third-order valence-electron chi connectivity index (χ3n) is 3.45. The molecule has 17 heavy (non-hydrogen) atoms. The molecule has 0 atom stereocenters. The minimum Gasteiger partial charge on any atom is -0.503 e. The molecule has 0 aromatic heterocycles. The topological polar surface area (TPSA) is 57.5 Å². The number of phenols is 1. The lowest BCUT2D eigenvalue weighted by Gasteiger charge is -2.25. The summed E-state index contributed by atoms with van der Waals surface area (Å²) in [6, 6.07) is 2.01. The molecule has 1 fully saturated rings. The SMILES string of the molecule is O=C(O)C1(c2ccc(F)c(O)c2F)CCCC1. The summed E-state index contributed by atoms with van der Waals surface area (Å²) in [6.45, 7) is 0. The molecular formula is C12H12F2O3. The van der Waals surface area contributed by atoms with Crippen LogP contribution in [0.4, 0.5) is 8.78 Å². The summed E-state index contributed by atoms with van der Waals surface area (Å²) < 4.78 is 26.7. The van der Waals surface area contributed by atoms with E-state index in [1.165, 1.54) is 0 Å². The molecular weight excluding hydrogens is 230 g/mol. The lowest BCUT2D eigenvalue weighted by Crippen LogP contribution is -2.33. The molecule has 0 spiro atoms. The molecule has 0 aliphatic heterocycles. The molecule has 0 bridgehead atoms. The summed E-state index contributed by atoms with van der Waals surface area (Å²) >= 11 is 0. The van der Waals surface area contributed by atoms with Crippen LogP contribution in [-0.2, 0) is 10.2 Å². The first-order chi connectivity index (χ1) is 7.99. The van der Waals surface area contributed by atoms with E-state index in [9.17, 15) is 23.8 Å². The minimum atomic E-state index is -1.32. The van der Waals surface area contributed by atoms with Gasteiger partial charge in [-0.3, -0.25) is 4.79 Å². The Morgan fingerprint density at radius 3 is 2.35 bits per heavy atom. The van der Waals surface area contributed by atoms with Gasteiger partial charge in [-0.2, -0.15) is 0 Å². The van der Waals surface area contributed by atoms with Crippen molar-refractivity contribution in [3.8, 4) is 5.75 Å². The fourth-order valence-corrected chi connectivity index (χ4v) is 2.49. The van der Waals surface area contributed by atoms with Crippen LogP contribution in [0.5, 0.6) is 5.75 Å². The van der Waals surface area contributed by atoms with Crippen molar-refractivity contribution in [1.82, 2.24) is 0 Å². The van der Waals surface area contributed by atoms with Gasteiger partial charge in [0.1, 0.15) is 0 Å². The highest BCUT2D eigenvalue weighted by Gasteiger charge is 2.45. The van der Waals surface area contributed by atoms with Crippen molar-refractivity contribution in [2.24, 2.45) is 0 Å². The standard InChI is InChI=1S/C12H12F2O3/c13-8-4-3-7(9(14)10(8)15)12(11(16)17)5-1-2-6-12/h3-4,15H,1-2,5-6H2,(H,16,17). The first-order valence-corrected chi connectivity index (χ1v) is 5.40. The first-order valence-electron chi connectivity index (χ1n) is 5.40. The Bertz CT molecular complexity index is 465. The van der Waals surface area contributed by atoms with E-state index in [1.54, 1.807) is 0 Å². The molecule has 0 heterocycles. The average molecular weight is 242 g/mol. The van der Waals surface area contributed by atoms with Crippen molar-refractivity contribution in [3.05, 3.63) is 29.3 Å². The van der Waals surface area contributed by atoms with Gasteiger partial charge in [0.2, 0.25) is 0 Å². The maximum absolute atomic E-state index is 13.8. The van der Waals surface area contributed by atoms with Crippen LogP contribution in [0, 0.1) is 11.6 Å². The van der Waals surface area contributed by atoms with Crippen molar-refractivity contribution < 1.29 is 23.8 Å². The number of carboxylic acids is 1. The Hall–Kier alpha value is -1.65. The molecule has 1 aliphatic rings. The molecule has 1 saturated carbocycles. The number of carbonyl (C=O) groups is 1. The van der Waals surface area contributed by atoms with Crippen molar-refractivity contribution in [1.29, 1.82) is 0 Å². The van der Waals surface area contributed by atoms with E-state index < -0.39 is 28.8 Å². The Morgan fingerprint density at radius 2 is 1.82 bits per heavy atom. The van der Waals surface area contributed by atoms with Crippen LogP contribution in [-0.4, -0.2) is 16.2 Å². The quantitative estimate of drug-likeness (QED) is 0.837. The molecule has 1 aliphatic carbocycles. The van der Waals surface area contributed by atoms with Gasteiger partial charge < -0.3 is 10.2 Å². The fourth-order valence-electron chi connectivity index (χ4n) is 2.49. The molecule has 1 aromatic carbocycles. The van der Waals surface area contributed by atoms with E-state index >= 15 is 0 Å². The van der Waals surface area contributed by atoms with Crippen LogP contribution in [0.2, 0.25) is 0 Å². The maximum Gasteiger partial charge on any atom is 0.314 e. The van der Waals surface area contributed by atoms with Crippen molar-refractivity contribution in [3.63, 3.8) is 0 Å². The molecule has 0 radical (unpaired) electrons. The van der Waals surface area contributed by atoms with Gasteiger partial charge in [0, 0.05) is 5.56 Å². The van der Waals surface area contributed by atoms with Crippen LogP contribution in [0.15, 0.2) is 12.1 Å². The lowest BCUT2D eigenvalue weighted by molar-refractivity contribution is -0.143. The van der Waals surface area contributed by atoms with Crippen LogP contribution < -0.4 is 0 Å². The largest absolute Gasteiger partial charge is 0.503 e. The van der Waals surface area contributed by atoms with Crippen LogP contribution >= 0.6 is 0 Å². The number of hydrogen-bond donors (Lipinski definition) is 2. The molecule has 0 saturated heterocycles. The van der Waals surface area contributed by atoms with E-state index in [0.29, 0.717) is 25.7 Å². The van der Waals surface area contributed by atoms with Gasteiger partial charge in [0.05, 0.1) is 5.41 Å². The number of benzene rings is 1. The van der Waals surface area contributed by atoms with Crippen LogP contribution in [0.3, 0.4) is 0 Å². The second-order valence-corrected chi connectivity index (χ2v) is 4.35. The van der Waals surface area contributed by atoms with E-state index in [-0.39, 0.29) is 5.56 Å². The molecule has 2 rings (SSSR count). The molecule has 92 valence electrons. The van der Waals surface area contributed by atoms with Gasteiger partial charge in [-0.25, -0.2) is 8.78 Å². The number of carboxylic acid groups (broad SMARTS) is 1. The van der Waals surface area contributed by atoms with E-state index in [1.807, 2.05) is 0 Å². The highest BCUT2D eigenvalue weighted by Crippen LogP contribution is 2.44. The highest BCUT2D eigenvalue weighted by molar-refractivity contribution is 5.82. The zero-order valence-electron chi connectivity index (χ0n) is 9.04. The highest BCUT2D eigenvalue weighted by atomic mass is 19.1. The number of aromatic hydroxyl groups is 1. The summed E-state index contributed by atoms with van der Waals surface area (Å²) in [7, 11) is 0. The van der Waals surface area contributed by atoms with Gasteiger partial charge in [-0.05, 0) is 18.9 Å². The zero-order chi connectivity index (χ0) is 12.6. The molecule has 3 nitrogen and oxygen atoms in total. The fraction of sp³-hybridized carbons (Fsp3) is 0.417. The summed E-state index contributed by atoms with van der Waals surface area (Å²) in [5, 5.41) is 18.5. The number of rotatable bonds is 2. The average Bonchev–Trinajstić information content (AvgIpc) is 2.76. The predicted molar refractivity (Wildman–Crippen MR) is 55.8 cm³/mol. The number of aliphatic carboxylic acids is 1. The molecule has 1 aromatic rings. The summed E-state index contributed by atoms with van der Waals surface area (Å²) in [5.74, 6) is -4.46. The van der Waals surface area contributed by atoms with Gasteiger partial charge in [-0.15, -0.1) is 0 Å². The first kappa shape index (κ1) is 11.8. The molecule has 0 unspecified atom stereocenters. The van der Waals surface area contributed by atoms with Gasteiger partial charge in [0.25, 0.3) is 0 Å². The Labute approximate surface area is 96.7 Å². The van der Waals surface area contributed by atoms with Crippen molar-refractivity contribution in [2.45, 2.75) is 31.1 Å². The zero-order valence-corrected chi connectivity index (χ0v) is 9.04. The number of halogens is 2. The predicted octanol–water partition coefficient (Wildman–Crippen LogP) is 2.57. The monoisotopic (exact) mass is 242 g/mol. The molecule has 0 amide bonds. The Morgan fingerprint density at radius 1 is 1.24 bits per heavy atom. The maximum atomic E-state index is 13.8. The van der Waals surface area contributed by atoms with Crippen molar-refractivity contribution in [2.75, 3.05) is 0 Å². The number of hydrogen-bond acceptors (Lipinski definition) is 2. The minimum absolute atomic E-state index is 0.124. The molecule has 2 N–H and O–H groups in total. The van der Waals surface area contributed by atoms with E-state index in [4.69, 9.17) is 0 Å². The normalized spacial score (nSPS) is 18.2. The number of phenolic OH excluding ortho intramolecular Hbond substituents is 1. The molecule has 5 heteroatoms. The second kappa shape index (κ2) is 3.98. The van der Waals surface area contributed by atoms with Gasteiger partial charge in [0.15, 0.2) is 17.4 Å². The Kier molecular flexibility index (Phi) is 2.77. The summed E-state index contributed by atoms with van der Waals surface area (Å²) in [5.41, 5.74) is -1.45. The lowest BCUT2D eigenvalue weighted by atomic mass is 9.78. The third kappa shape index (κ3) is 1.66. The summed E-state index contributed by atoms with van der Waals surface area (Å²) in [6.07, 6.45) is 1.99. The van der Waals surface area contributed by atoms with E-state index in [2.05, 4.69) is 0 Å². The van der Waals surface area contributed by atoms with Crippen LogP contribution in [0.25, 0.3) is 0 Å². The summed E-state index contributed by atoms with van der Waals surface area (Å²) in [4.78, 5) is 11.3. The van der Waals surface area contributed by atoms with Crippen LogP contribution in [0.1, 0.15) is 31.2 Å². The second-order valence-electron chi connectivity index (χ2n) is 4.35. The van der Waals surface area contributed by atoms with Gasteiger partial charge >= 0.3 is 5.97 Å². The smallest absolute Gasteiger partial charge is 0.314 e. The Balaban J connectivity index is 2.59. The third-order valence-corrected chi connectivity index (χ3v) is 3.45.